The molecule has 0 aliphatic rings. The molecule has 3 rings (SSSR count). The zero-order valence-electron chi connectivity index (χ0n) is 20.0. The third kappa shape index (κ3) is 7.77. The average Bonchev–Trinajstić information content (AvgIpc) is 2.87. The van der Waals surface area contributed by atoms with Gasteiger partial charge in [0.1, 0.15) is 24.0 Å². The van der Waals surface area contributed by atoms with Crippen LogP contribution in [0.1, 0.15) is 31.4 Å². The number of hydrogen-bond donors (Lipinski definition) is 1. The minimum Gasteiger partial charge on any atom is -0.490 e. The Bertz CT molecular complexity index is 1250. The molecule has 36 heavy (non-hydrogen) atoms. The van der Waals surface area contributed by atoms with Crippen LogP contribution < -0.4 is 19.5 Å². The highest BCUT2D eigenvalue weighted by Crippen LogP contribution is 2.37. The SMILES string of the molecule is CCCOc1c(Br)cc(/C=C(\C#N)C(=O)Nc2ccc(OCc3ccc(Cl)cc3)cc2)cc1OCC. The van der Waals surface area contributed by atoms with Gasteiger partial charge < -0.3 is 19.5 Å². The lowest BCUT2D eigenvalue weighted by Crippen LogP contribution is -2.13. The molecule has 6 nitrogen and oxygen atoms in total. The first kappa shape index (κ1) is 27.1. The number of hydrogen-bond acceptors (Lipinski definition) is 5. The van der Waals surface area contributed by atoms with E-state index >= 15 is 0 Å². The van der Waals surface area contributed by atoms with Crippen molar-refractivity contribution in [2.24, 2.45) is 0 Å². The summed E-state index contributed by atoms with van der Waals surface area (Å²) in [5.41, 5.74) is 2.12. The maximum absolute atomic E-state index is 12.8. The number of nitriles is 1. The molecule has 1 N–H and O–H groups in total. The number of ether oxygens (including phenoxy) is 3. The second kappa shape index (κ2) is 13.6. The molecule has 0 unspecified atom stereocenters. The fraction of sp³-hybridized carbons (Fsp3) is 0.214. The van der Waals surface area contributed by atoms with Gasteiger partial charge in [0.15, 0.2) is 11.5 Å². The minimum absolute atomic E-state index is 0.0466. The number of rotatable bonds is 11. The Balaban J connectivity index is 1.69. The van der Waals surface area contributed by atoms with E-state index in [0.29, 0.717) is 57.8 Å². The lowest BCUT2D eigenvalue weighted by Gasteiger charge is -2.14. The Morgan fingerprint density at radius 2 is 1.78 bits per heavy atom. The van der Waals surface area contributed by atoms with E-state index in [4.69, 9.17) is 25.8 Å². The molecule has 0 saturated heterocycles. The molecule has 0 aliphatic heterocycles. The highest BCUT2D eigenvalue weighted by Gasteiger charge is 2.14. The summed E-state index contributed by atoms with van der Waals surface area (Å²) >= 11 is 9.41. The number of benzene rings is 3. The van der Waals surface area contributed by atoms with Crippen molar-refractivity contribution in [3.8, 4) is 23.3 Å². The lowest BCUT2D eigenvalue weighted by molar-refractivity contribution is -0.112. The molecule has 3 aromatic carbocycles. The van der Waals surface area contributed by atoms with Crippen molar-refractivity contribution in [2.45, 2.75) is 26.9 Å². The number of carbonyl (C=O) groups is 1. The van der Waals surface area contributed by atoms with Gasteiger partial charge in [0, 0.05) is 10.7 Å². The minimum atomic E-state index is -0.521. The van der Waals surface area contributed by atoms with Crippen LogP contribution in [-0.2, 0) is 11.4 Å². The van der Waals surface area contributed by atoms with Crippen LogP contribution in [0.5, 0.6) is 17.2 Å². The van der Waals surface area contributed by atoms with Crippen molar-refractivity contribution in [1.29, 1.82) is 5.26 Å². The summed E-state index contributed by atoms with van der Waals surface area (Å²) < 4.78 is 17.9. The zero-order valence-corrected chi connectivity index (χ0v) is 22.4. The van der Waals surface area contributed by atoms with Gasteiger partial charge in [0.2, 0.25) is 0 Å². The third-order valence-electron chi connectivity index (χ3n) is 4.89. The van der Waals surface area contributed by atoms with Gasteiger partial charge in [-0.1, -0.05) is 30.7 Å². The fourth-order valence-corrected chi connectivity index (χ4v) is 3.87. The van der Waals surface area contributed by atoms with E-state index in [1.807, 2.05) is 44.2 Å². The number of nitrogens with one attached hydrogen (secondary N) is 1. The number of carbonyl (C=O) groups excluding carboxylic acids is 1. The molecule has 0 aliphatic carbocycles. The summed E-state index contributed by atoms with van der Waals surface area (Å²) in [5, 5.41) is 13.0. The predicted octanol–water partition coefficient (Wildman–Crippen LogP) is 7.41. The van der Waals surface area contributed by atoms with Crippen LogP contribution in [0.15, 0.2) is 70.7 Å². The molecule has 186 valence electrons. The average molecular weight is 570 g/mol. The van der Waals surface area contributed by atoms with Crippen LogP contribution in [0.4, 0.5) is 5.69 Å². The standard InChI is InChI=1S/C28H26BrClN2O4/c1-3-13-35-27-25(29)15-20(16-26(27)34-4-2)14-21(17-31)28(33)32-23-9-11-24(12-10-23)36-18-19-5-7-22(30)8-6-19/h5-12,14-16H,3-4,13,18H2,1-2H3,(H,32,33)/b21-14+. The smallest absolute Gasteiger partial charge is 0.266 e. The molecule has 0 radical (unpaired) electrons. The normalized spacial score (nSPS) is 10.9. The highest BCUT2D eigenvalue weighted by molar-refractivity contribution is 9.10. The summed E-state index contributed by atoms with van der Waals surface area (Å²) in [6.07, 6.45) is 2.36. The summed E-state index contributed by atoms with van der Waals surface area (Å²) in [6.45, 7) is 5.29. The van der Waals surface area contributed by atoms with Crippen molar-refractivity contribution in [3.05, 3.63) is 86.9 Å². The molecule has 1 amide bonds. The van der Waals surface area contributed by atoms with Gasteiger partial charge in [-0.15, -0.1) is 0 Å². The van der Waals surface area contributed by atoms with Gasteiger partial charge in [0.25, 0.3) is 5.91 Å². The van der Waals surface area contributed by atoms with Gasteiger partial charge in [-0.05, 0) is 95.0 Å². The van der Waals surface area contributed by atoms with Crippen molar-refractivity contribution in [1.82, 2.24) is 0 Å². The molecule has 3 aromatic rings. The molecular weight excluding hydrogens is 544 g/mol. The topological polar surface area (TPSA) is 80.6 Å². The second-order valence-corrected chi connectivity index (χ2v) is 8.97. The molecule has 0 spiro atoms. The molecule has 8 heteroatoms. The first-order valence-corrected chi connectivity index (χ1v) is 12.6. The van der Waals surface area contributed by atoms with Gasteiger partial charge in [-0.3, -0.25) is 4.79 Å². The Labute approximate surface area is 224 Å². The van der Waals surface area contributed by atoms with Gasteiger partial charge in [-0.2, -0.15) is 5.26 Å². The summed E-state index contributed by atoms with van der Waals surface area (Å²) in [4.78, 5) is 12.8. The summed E-state index contributed by atoms with van der Waals surface area (Å²) in [6, 6.07) is 19.9. The van der Waals surface area contributed by atoms with E-state index in [1.165, 1.54) is 6.08 Å². The molecule has 0 fully saturated rings. The summed E-state index contributed by atoms with van der Waals surface area (Å²) in [7, 11) is 0. The van der Waals surface area contributed by atoms with Crippen LogP contribution in [-0.4, -0.2) is 19.1 Å². The number of anilines is 1. The van der Waals surface area contributed by atoms with Crippen LogP contribution in [0.25, 0.3) is 6.08 Å². The van der Waals surface area contributed by atoms with Gasteiger partial charge in [-0.25, -0.2) is 0 Å². The van der Waals surface area contributed by atoms with Crippen LogP contribution in [0.3, 0.4) is 0 Å². The fourth-order valence-electron chi connectivity index (χ4n) is 3.17. The monoisotopic (exact) mass is 568 g/mol. The molecule has 0 aromatic heterocycles. The van der Waals surface area contributed by atoms with Crippen LogP contribution in [0.2, 0.25) is 5.02 Å². The largest absolute Gasteiger partial charge is 0.490 e. The number of nitrogens with zero attached hydrogens (tertiary/aromatic N) is 1. The Morgan fingerprint density at radius 3 is 2.42 bits per heavy atom. The third-order valence-corrected chi connectivity index (χ3v) is 5.73. The van der Waals surface area contributed by atoms with E-state index in [2.05, 4.69) is 21.2 Å². The zero-order chi connectivity index (χ0) is 25.9. The maximum Gasteiger partial charge on any atom is 0.266 e. The Morgan fingerprint density at radius 1 is 1.06 bits per heavy atom. The predicted molar refractivity (Wildman–Crippen MR) is 146 cm³/mol. The number of amides is 1. The highest BCUT2D eigenvalue weighted by atomic mass is 79.9. The first-order chi connectivity index (χ1) is 17.4. The Kier molecular flexibility index (Phi) is 10.2. The van der Waals surface area contributed by atoms with Crippen LogP contribution >= 0.6 is 27.5 Å². The van der Waals surface area contributed by atoms with E-state index < -0.39 is 5.91 Å². The van der Waals surface area contributed by atoms with Crippen molar-refractivity contribution >= 4 is 45.2 Å². The molecule has 0 atom stereocenters. The molecule has 0 heterocycles. The van der Waals surface area contributed by atoms with E-state index in [9.17, 15) is 10.1 Å². The Hall–Kier alpha value is -3.47. The van der Waals surface area contributed by atoms with E-state index in [-0.39, 0.29) is 5.57 Å². The number of halogens is 2. The molecule has 0 bridgehead atoms. The van der Waals surface area contributed by atoms with E-state index in [0.717, 1.165) is 12.0 Å². The van der Waals surface area contributed by atoms with Gasteiger partial charge >= 0.3 is 0 Å². The van der Waals surface area contributed by atoms with Crippen molar-refractivity contribution < 1.29 is 19.0 Å². The van der Waals surface area contributed by atoms with Crippen molar-refractivity contribution in [3.63, 3.8) is 0 Å². The molecule has 0 saturated carbocycles. The lowest BCUT2D eigenvalue weighted by atomic mass is 10.1. The van der Waals surface area contributed by atoms with Crippen molar-refractivity contribution in [2.75, 3.05) is 18.5 Å². The molecular formula is C28H26BrClN2O4. The first-order valence-electron chi connectivity index (χ1n) is 11.4. The second-order valence-electron chi connectivity index (χ2n) is 7.67. The van der Waals surface area contributed by atoms with Gasteiger partial charge in [0.05, 0.1) is 17.7 Å². The summed E-state index contributed by atoms with van der Waals surface area (Å²) in [5.74, 6) is 1.26. The quantitative estimate of drug-likeness (QED) is 0.192. The maximum atomic E-state index is 12.8. The van der Waals surface area contributed by atoms with Crippen LogP contribution in [0, 0.1) is 11.3 Å². The van der Waals surface area contributed by atoms with E-state index in [1.54, 1.807) is 36.4 Å².